The maximum absolute atomic E-state index is 11.4. The highest BCUT2D eigenvalue weighted by Gasteiger charge is 2.14. The first kappa shape index (κ1) is 10.5. The number of aromatic nitrogens is 3. The Labute approximate surface area is 103 Å². The first-order valence-electron chi connectivity index (χ1n) is 5.45. The third-order valence-corrected chi connectivity index (χ3v) is 2.73. The topological polar surface area (TPSA) is 73.8 Å². The van der Waals surface area contributed by atoms with Gasteiger partial charge in [-0.15, -0.1) is 0 Å². The molecule has 5 heteroatoms. The van der Waals surface area contributed by atoms with Crippen LogP contribution >= 0.6 is 0 Å². The Kier molecular flexibility index (Phi) is 2.30. The van der Waals surface area contributed by atoms with Crippen molar-refractivity contribution in [3.05, 3.63) is 54.5 Å². The molecule has 3 aromatic rings. The second kappa shape index (κ2) is 3.96. The molecule has 5 nitrogen and oxygen atoms in total. The van der Waals surface area contributed by atoms with E-state index in [0.717, 1.165) is 16.6 Å². The van der Waals surface area contributed by atoms with Gasteiger partial charge in [-0.1, -0.05) is 18.2 Å². The SMILES string of the molecule is NC(=O)c1nn(-c2ccncc2)c2ccccc12. The van der Waals surface area contributed by atoms with Crippen molar-refractivity contribution in [2.45, 2.75) is 0 Å². The molecule has 0 spiro atoms. The molecule has 0 unspecified atom stereocenters. The van der Waals surface area contributed by atoms with Crippen LogP contribution in [0, 0.1) is 0 Å². The summed E-state index contributed by atoms with van der Waals surface area (Å²) in [5.41, 5.74) is 7.31. The van der Waals surface area contributed by atoms with Gasteiger partial charge in [0.2, 0.25) is 0 Å². The van der Waals surface area contributed by atoms with E-state index in [1.165, 1.54) is 0 Å². The average molecular weight is 238 g/mol. The van der Waals surface area contributed by atoms with Crippen LogP contribution in [0.5, 0.6) is 0 Å². The number of primary amides is 1. The van der Waals surface area contributed by atoms with Crippen LogP contribution in [-0.2, 0) is 0 Å². The number of para-hydroxylation sites is 1. The molecular formula is C13H10N4O. The third kappa shape index (κ3) is 1.53. The van der Waals surface area contributed by atoms with Crippen molar-refractivity contribution < 1.29 is 4.79 Å². The smallest absolute Gasteiger partial charge is 0.269 e. The Morgan fingerprint density at radius 1 is 1.11 bits per heavy atom. The van der Waals surface area contributed by atoms with E-state index < -0.39 is 5.91 Å². The lowest BCUT2D eigenvalue weighted by molar-refractivity contribution is 0.0996. The number of fused-ring (bicyclic) bond motifs is 1. The average Bonchev–Trinajstić information content (AvgIpc) is 2.79. The summed E-state index contributed by atoms with van der Waals surface area (Å²) in [5, 5.41) is 5.03. The Bertz CT molecular complexity index is 718. The van der Waals surface area contributed by atoms with Gasteiger partial charge in [0.1, 0.15) is 0 Å². The molecular weight excluding hydrogens is 228 g/mol. The molecule has 0 atom stereocenters. The summed E-state index contributed by atoms with van der Waals surface area (Å²) < 4.78 is 1.69. The van der Waals surface area contributed by atoms with E-state index in [1.807, 2.05) is 36.4 Å². The van der Waals surface area contributed by atoms with Gasteiger partial charge >= 0.3 is 0 Å². The highest BCUT2D eigenvalue weighted by molar-refractivity contribution is 6.04. The van der Waals surface area contributed by atoms with Crippen LogP contribution in [0.25, 0.3) is 16.6 Å². The molecule has 1 aromatic carbocycles. The summed E-state index contributed by atoms with van der Waals surface area (Å²) in [5.74, 6) is -0.529. The van der Waals surface area contributed by atoms with E-state index in [1.54, 1.807) is 17.1 Å². The number of hydrogen-bond donors (Lipinski definition) is 1. The number of amides is 1. The van der Waals surface area contributed by atoms with Gasteiger partial charge in [0, 0.05) is 17.8 Å². The number of carbonyl (C=O) groups excluding carboxylic acids is 1. The number of nitrogens with two attached hydrogens (primary N) is 1. The van der Waals surface area contributed by atoms with Gasteiger partial charge in [0.05, 0.1) is 11.2 Å². The van der Waals surface area contributed by atoms with Crippen LogP contribution in [0.4, 0.5) is 0 Å². The molecule has 1 amide bonds. The third-order valence-electron chi connectivity index (χ3n) is 2.73. The highest BCUT2D eigenvalue weighted by Crippen LogP contribution is 2.21. The number of carbonyl (C=O) groups is 1. The maximum Gasteiger partial charge on any atom is 0.269 e. The molecule has 0 saturated carbocycles. The van der Waals surface area contributed by atoms with Gasteiger partial charge in [-0.25, -0.2) is 4.68 Å². The molecule has 2 aromatic heterocycles. The summed E-state index contributed by atoms with van der Waals surface area (Å²) >= 11 is 0. The van der Waals surface area contributed by atoms with Gasteiger partial charge in [0.25, 0.3) is 5.91 Å². The molecule has 0 fully saturated rings. The van der Waals surface area contributed by atoms with E-state index in [0.29, 0.717) is 0 Å². The summed E-state index contributed by atoms with van der Waals surface area (Å²) in [6, 6.07) is 11.1. The molecule has 3 rings (SSSR count). The van der Waals surface area contributed by atoms with Crippen molar-refractivity contribution in [2.75, 3.05) is 0 Å². The monoisotopic (exact) mass is 238 g/mol. The molecule has 88 valence electrons. The molecule has 18 heavy (non-hydrogen) atoms. The standard InChI is InChI=1S/C13H10N4O/c14-13(18)12-10-3-1-2-4-11(10)17(16-12)9-5-7-15-8-6-9/h1-8H,(H2,14,18). The van der Waals surface area contributed by atoms with E-state index in [4.69, 9.17) is 5.73 Å². The number of pyridine rings is 1. The molecule has 0 aliphatic rings. The fraction of sp³-hybridized carbons (Fsp3) is 0. The first-order valence-corrected chi connectivity index (χ1v) is 5.45. The van der Waals surface area contributed by atoms with Crippen LogP contribution in [-0.4, -0.2) is 20.7 Å². The van der Waals surface area contributed by atoms with Crippen LogP contribution in [0.3, 0.4) is 0 Å². The van der Waals surface area contributed by atoms with Gasteiger partial charge < -0.3 is 5.73 Å². The Morgan fingerprint density at radius 2 is 1.83 bits per heavy atom. The van der Waals surface area contributed by atoms with Gasteiger partial charge in [-0.2, -0.15) is 5.10 Å². The van der Waals surface area contributed by atoms with Crippen molar-refractivity contribution >= 4 is 16.8 Å². The molecule has 0 saturated heterocycles. The lowest BCUT2D eigenvalue weighted by Gasteiger charge is -2.01. The predicted octanol–water partition coefficient (Wildman–Crippen LogP) is 1.52. The second-order valence-electron chi connectivity index (χ2n) is 3.85. The zero-order valence-electron chi connectivity index (χ0n) is 9.45. The summed E-state index contributed by atoms with van der Waals surface area (Å²) in [6.07, 6.45) is 3.35. The fourth-order valence-corrected chi connectivity index (χ4v) is 1.93. The zero-order valence-corrected chi connectivity index (χ0v) is 9.45. The normalized spacial score (nSPS) is 10.7. The summed E-state index contributed by atoms with van der Waals surface area (Å²) in [4.78, 5) is 15.4. The van der Waals surface area contributed by atoms with Crippen LogP contribution in [0.1, 0.15) is 10.5 Å². The lowest BCUT2D eigenvalue weighted by atomic mass is 10.2. The lowest BCUT2D eigenvalue weighted by Crippen LogP contribution is -2.12. The van der Waals surface area contributed by atoms with Crippen LogP contribution < -0.4 is 5.73 Å². The molecule has 0 radical (unpaired) electrons. The molecule has 0 bridgehead atoms. The van der Waals surface area contributed by atoms with Crippen molar-refractivity contribution in [1.29, 1.82) is 0 Å². The minimum atomic E-state index is -0.529. The zero-order chi connectivity index (χ0) is 12.5. The minimum absolute atomic E-state index is 0.280. The van der Waals surface area contributed by atoms with Crippen molar-refractivity contribution in [2.24, 2.45) is 5.73 Å². The predicted molar refractivity (Wildman–Crippen MR) is 67.4 cm³/mol. The second-order valence-corrected chi connectivity index (χ2v) is 3.85. The molecule has 2 heterocycles. The van der Waals surface area contributed by atoms with Crippen LogP contribution in [0.2, 0.25) is 0 Å². The number of hydrogen-bond acceptors (Lipinski definition) is 3. The molecule has 0 aliphatic heterocycles. The van der Waals surface area contributed by atoms with E-state index in [-0.39, 0.29) is 5.69 Å². The minimum Gasteiger partial charge on any atom is -0.364 e. The number of benzene rings is 1. The highest BCUT2D eigenvalue weighted by atomic mass is 16.1. The molecule has 0 aliphatic carbocycles. The Morgan fingerprint density at radius 3 is 2.56 bits per heavy atom. The van der Waals surface area contributed by atoms with E-state index in [9.17, 15) is 4.79 Å². The first-order chi connectivity index (χ1) is 8.77. The summed E-state index contributed by atoms with van der Waals surface area (Å²) in [7, 11) is 0. The largest absolute Gasteiger partial charge is 0.364 e. The summed E-state index contributed by atoms with van der Waals surface area (Å²) in [6.45, 7) is 0. The van der Waals surface area contributed by atoms with Crippen LogP contribution in [0.15, 0.2) is 48.8 Å². The number of nitrogens with zero attached hydrogens (tertiary/aromatic N) is 3. The van der Waals surface area contributed by atoms with Gasteiger partial charge in [0.15, 0.2) is 5.69 Å². The van der Waals surface area contributed by atoms with Gasteiger partial charge in [-0.3, -0.25) is 9.78 Å². The fourth-order valence-electron chi connectivity index (χ4n) is 1.93. The van der Waals surface area contributed by atoms with E-state index >= 15 is 0 Å². The maximum atomic E-state index is 11.4. The Balaban J connectivity index is 2.34. The van der Waals surface area contributed by atoms with E-state index in [2.05, 4.69) is 10.1 Å². The van der Waals surface area contributed by atoms with Crippen molar-refractivity contribution in [1.82, 2.24) is 14.8 Å². The van der Waals surface area contributed by atoms with Crippen molar-refractivity contribution in [3.63, 3.8) is 0 Å². The molecule has 2 N–H and O–H groups in total. The quantitative estimate of drug-likeness (QED) is 0.735. The van der Waals surface area contributed by atoms with Gasteiger partial charge in [-0.05, 0) is 18.2 Å². The Hall–Kier alpha value is -2.69. The number of rotatable bonds is 2. The van der Waals surface area contributed by atoms with Crippen molar-refractivity contribution in [3.8, 4) is 5.69 Å².